The van der Waals surface area contributed by atoms with Gasteiger partial charge in [0.05, 0.1) is 11.4 Å². The number of aromatic amines is 2. The zero-order valence-corrected chi connectivity index (χ0v) is 17.0. The van der Waals surface area contributed by atoms with E-state index < -0.39 is 0 Å². The van der Waals surface area contributed by atoms with Gasteiger partial charge in [-0.3, -0.25) is 15.1 Å². The van der Waals surface area contributed by atoms with Crippen LogP contribution in [0.3, 0.4) is 0 Å². The quantitative estimate of drug-likeness (QED) is 0.364. The third kappa shape index (κ3) is 3.34. The first-order valence-electron chi connectivity index (χ1n) is 9.97. The van der Waals surface area contributed by atoms with Gasteiger partial charge in [-0.05, 0) is 42.8 Å². The molecule has 6 nitrogen and oxygen atoms in total. The summed E-state index contributed by atoms with van der Waals surface area (Å²) in [6.07, 6.45) is 8.92. The van der Waals surface area contributed by atoms with Crippen LogP contribution in [0.1, 0.15) is 12.5 Å². The van der Waals surface area contributed by atoms with E-state index in [9.17, 15) is 0 Å². The second-order valence-corrected chi connectivity index (χ2v) is 7.06. The molecule has 0 amide bonds. The molecule has 0 radical (unpaired) electrons. The van der Waals surface area contributed by atoms with E-state index in [2.05, 4.69) is 61.0 Å². The molecule has 0 unspecified atom stereocenters. The number of H-pyrrole nitrogens is 2. The van der Waals surface area contributed by atoms with E-state index in [1.165, 1.54) is 6.20 Å². The van der Waals surface area contributed by atoms with Crippen LogP contribution in [0.4, 0.5) is 0 Å². The molecule has 5 aromatic rings. The summed E-state index contributed by atoms with van der Waals surface area (Å²) in [7, 11) is 0. The molecule has 2 N–H and O–H groups in total. The van der Waals surface area contributed by atoms with E-state index >= 15 is 0 Å². The molecule has 0 bridgehead atoms. The first kappa shape index (κ1) is 18.7. The fourth-order valence-electron chi connectivity index (χ4n) is 3.74. The van der Waals surface area contributed by atoms with Gasteiger partial charge in [-0.1, -0.05) is 30.9 Å². The van der Waals surface area contributed by atoms with Crippen LogP contribution >= 0.6 is 0 Å². The first-order valence-corrected chi connectivity index (χ1v) is 9.97. The molecule has 0 fully saturated rings. The van der Waals surface area contributed by atoms with Gasteiger partial charge in [-0.2, -0.15) is 5.10 Å². The number of hydrogen-bond acceptors (Lipinski definition) is 4. The number of aliphatic imine (C=N–C) groups is 1. The molecule has 4 aromatic heterocycles. The van der Waals surface area contributed by atoms with Gasteiger partial charge in [0.2, 0.25) is 0 Å². The fraction of sp³-hybridized carbons (Fsp3) is 0.0400. The molecule has 0 saturated heterocycles. The number of fused-ring (bicyclic) bond motifs is 2. The molecule has 150 valence electrons. The third-order valence-corrected chi connectivity index (χ3v) is 5.24. The molecule has 0 saturated carbocycles. The van der Waals surface area contributed by atoms with Crippen molar-refractivity contribution in [3.05, 3.63) is 85.3 Å². The summed E-state index contributed by atoms with van der Waals surface area (Å²) in [6, 6.07) is 16.3. The van der Waals surface area contributed by atoms with Crippen LogP contribution < -0.4 is 0 Å². The van der Waals surface area contributed by atoms with Crippen LogP contribution in [0, 0.1) is 0 Å². The Hall–Kier alpha value is -4.32. The number of pyridine rings is 2. The molecule has 0 aliphatic heterocycles. The lowest BCUT2D eigenvalue weighted by atomic mass is 10.1. The molecule has 5 rings (SSSR count). The highest BCUT2D eigenvalue weighted by molar-refractivity contribution is 6.11. The lowest BCUT2D eigenvalue weighted by Crippen LogP contribution is -1.88. The van der Waals surface area contributed by atoms with E-state index in [0.717, 1.165) is 55.7 Å². The Morgan fingerprint density at radius 3 is 2.81 bits per heavy atom. The van der Waals surface area contributed by atoms with Gasteiger partial charge < -0.3 is 4.98 Å². The van der Waals surface area contributed by atoms with Gasteiger partial charge in [-0.15, -0.1) is 0 Å². The van der Waals surface area contributed by atoms with Crippen molar-refractivity contribution in [2.24, 2.45) is 4.99 Å². The fourth-order valence-corrected chi connectivity index (χ4v) is 3.74. The molecule has 0 aliphatic rings. The Morgan fingerprint density at radius 2 is 2.00 bits per heavy atom. The van der Waals surface area contributed by atoms with Crippen LogP contribution in [0.5, 0.6) is 0 Å². The minimum Gasteiger partial charge on any atom is -0.353 e. The maximum absolute atomic E-state index is 4.55. The summed E-state index contributed by atoms with van der Waals surface area (Å²) >= 11 is 0. The van der Waals surface area contributed by atoms with E-state index in [4.69, 9.17) is 0 Å². The van der Waals surface area contributed by atoms with Crippen molar-refractivity contribution < 1.29 is 0 Å². The van der Waals surface area contributed by atoms with Gasteiger partial charge in [0.1, 0.15) is 5.69 Å². The van der Waals surface area contributed by atoms with E-state index in [0.29, 0.717) is 0 Å². The Kier molecular flexibility index (Phi) is 4.72. The van der Waals surface area contributed by atoms with Crippen molar-refractivity contribution in [1.29, 1.82) is 0 Å². The predicted molar refractivity (Wildman–Crippen MR) is 127 cm³/mol. The van der Waals surface area contributed by atoms with Crippen molar-refractivity contribution >= 4 is 33.7 Å². The number of benzene rings is 1. The summed E-state index contributed by atoms with van der Waals surface area (Å²) in [5, 5.41) is 9.63. The van der Waals surface area contributed by atoms with Crippen LogP contribution in [0.2, 0.25) is 0 Å². The SMILES string of the molecule is C=C/N=C\C(=C/C)c1cnc2[nH]nc(-c3cc4c(-c5ccccn5)cccc4[nH]3)c2c1. The average Bonchev–Trinajstić information content (AvgIpc) is 3.43. The highest BCUT2D eigenvalue weighted by Crippen LogP contribution is 2.33. The number of rotatable bonds is 5. The van der Waals surface area contributed by atoms with Crippen molar-refractivity contribution in [3.8, 4) is 22.6 Å². The molecule has 6 heteroatoms. The number of hydrogen-bond donors (Lipinski definition) is 2. The average molecular weight is 404 g/mol. The Bertz CT molecular complexity index is 1450. The smallest absolute Gasteiger partial charge is 0.155 e. The predicted octanol–water partition coefficient (Wildman–Crippen LogP) is 5.79. The zero-order valence-electron chi connectivity index (χ0n) is 17.0. The molecule has 1 aromatic carbocycles. The zero-order chi connectivity index (χ0) is 21.2. The number of aromatic nitrogens is 5. The van der Waals surface area contributed by atoms with Crippen LogP contribution in [0.15, 0.2) is 84.8 Å². The van der Waals surface area contributed by atoms with Crippen LogP contribution in [0.25, 0.3) is 50.2 Å². The van der Waals surface area contributed by atoms with Gasteiger partial charge in [0.15, 0.2) is 5.65 Å². The molecule has 0 spiro atoms. The van der Waals surface area contributed by atoms with E-state index in [1.54, 1.807) is 6.21 Å². The molecule has 0 atom stereocenters. The molecule has 0 aliphatic carbocycles. The number of nitrogens with zero attached hydrogens (tertiary/aromatic N) is 4. The van der Waals surface area contributed by atoms with Crippen molar-refractivity contribution in [1.82, 2.24) is 25.1 Å². The Labute approximate surface area is 179 Å². The Morgan fingerprint density at radius 1 is 1.06 bits per heavy atom. The highest BCUT2D eigenvalue weighted by Gasteiger charge is 2.15. The van der Waals surface area contributed by atoms with Crippen molar-refractivity contribution in [2.75, 3.05) is 0 Å². The lowest BCUT2D eigenvalue weighted by Gasteiger charge is -2.01. The molecule has 31 heavy (non-hydrogen) atoms. The standard InChI is InChI=1S/C25H20N6/c1-3-16(14-26-4-2)17-12-20-24(30-31-25(20)28-15-17)23-13-19-18(8-7-10-22(19)29-23)21-9-5-6-11-27-21/h3-15,29H,2H2,1H3,(H,28,30,31)/b16-3+,26-14-. The molecule has 4 heterocycles. The molecular weight excluding hydrogens is 384 g/mol. The maximum Gasteiger partial charge on any atom is 0.155 e. The monoisotopic (exact) mass is 404 g/mol. The van der Waals surface area contributed by atoms with Gasteiger partial charge in [0.25, 0.3) is 0 Å². The molecular formula is C25H20N6. The first-order chi connectivity index (χ1) is 15.3. The van der Waals surface area contributed by atoms with E-state index in [-0.39, 0.29) is 0 Å². The minimum absolute atomic E-state index is 0.735. The van der Waals surface area contributed by atoms with Crippen molar-refractivity contribution in [3.63, 3.8) is 0 Å². The van der Waals surface area contributed by atoms with E-state index in [1.807, 2.05) is 49.7 Å². The minimum atomic E-state index is 0.735. The Balaban J connectivity index is 1.65. The van der Waals surface area contributed by atoms with Crippen LogP contribution in [-0.4, -0.2) is 31.4 Å². The van der Waals surface area contributed by atoms with Gasteiger partial charge >= 0.3 is 0 Å². The maximum atomic E-state index is 4.55. The van der Waals surface area contributed by atoms with Crippen molar-refractivity contribution in [2.45, 2.75) is 6.92 Å². The largest absolute Gasteiger partial charge is 0.353 e. The normalized spacial score (nSPS) is 12.2. The number of nitrogens with one attached hydrogen (secondary N) is 2. The number of allylic oxidation sites excluding steroid dienone is 2. The van der Waals surface area contributed by atoms with Gasteiger partial charge in [0, 0.05) is 52.2 Å². The highest BCUT2D eigenvalue weighted by atomic mass is 15.2. The van der Waals surface area contributed by atoms with Gasteiger partial charge in [-0.25, -0.2) is 4.98 Å². The van der Waals surface area contributed by atoms with Crippen LogP contribution in [-0.2, 0) is 0 Å². The lowest BCUT2D eigenvalue weighted by molar-refractivity contribution is 1.10. The summed E-state index contributed by atoms with van der Waals surface area (Å²) in [5.41, 5.74) is 7.46. The summed E-state index contributed by atoms with van der Waals surface area (Å²) in [4.78, 5) is 16.7. The third-order valence-electron chi connectivity index (χ3n) is 5.24. The summed E-state index contributed by atoms with van der Waals surface area (Å²) in [5.74, 6) is 0. The second kappa shape index (κ2) is 7.84. The second-order valence-electron chi connectivity index (χ2n) is 7.06. The summed E-state index contributed by atoms with van der Waals surface area (Å²) < 4.78 is 0. The summed E-state index contributed by atoms with van der Waals surface area (Å²) in [6.45, 7) is 5.62. The topological polar surface area (TPSA) is 82.6 Å².